The van der Waals surface area contributed by atoms with Crippen LogP contribution in [0, 0.1) is 12.7 Å². The third-order valence-electron chi connectivity index (χ3n) is 2.69. The maximum absolute atomic E-state index is 13.6. The van der Waals surface area contributed by atoms with Gasteiger partial charge in [-0.2, -0.15) is 0 Å². The molecule has 0 aliphatic carbocycles. The molecule has 1 heterocycles. The average molecular weight is 305 g/mol. The molecule has 5 heteroatoms. The lowest BCUT2D eigenvalue weighted by atomic mass is 10.1. The van der Waals surface area contributed by atoms with Gasteiger partial charge in [-0.05, 0) is 30.0 Å². The van der Waals surface area contributed by atoms with E-state index in [4.69, 9.17) is 23.2 Å². The van der Waals surface area contributed by atoms with E-state index in [1.807, 2.05) is 12.3 Å². The fourth-order valence-electron chi connectivity index (χ4n) is 1.69. The molecule has 0 fully saturated rings. The van der Waals surface area contributed by atoms with E-state index in [9.17, 15) is 9.50 Å². The Kier molecular flexibility index (Phi) is 4.28. The molecule has 0 aliphatic rings. The van der Waals surface area contributed by atoms with Gasteiger partial charge in [-0.3, -0.25) is 0 Å². The number of halogens is 3. The molecule has 1 aromatic carbocycles. The Hall–Kier alpha value is -0.610. The lowest BCUT2D eigenvalue weighted by Gasteiger charge is -2.11. The number of aryl methyl sites for hydroxylation is 1. The fourth-order valence-corrected chi connectivity index (χ4v) is 3.23. The van der Waals surface area contributed by atoms with Crippen molar-refractivity contribution in [3.63, 3.8) is 0 Å². The van der Waals surface area contributed by atoms with Crippen molar-refractivity contribution in [2.75, 3.05) is 0 Å². The first-order valence-electron chi connectivity index (χ1n) is 5.35. The molecule has 0 saturated heterocycles. The van der Waals surface area contributed by atoms with Crippen molar-refractivity contribution in [3.8, 4) is 0 Å². The molecule has 0 aliphatic heterocycles. The lowest BCUT2D eigenvalue weighted by molar-refractivity contribution is 0.181. The number of hydrogen-bond donors (Lipinski definition) is 1. The predicted molar refractivity (Wildman–Crippen MR) is 74.1 cm³/mol. The number of rotatable bonds is 3. The van der Waals surface area contributed by atoms with Gasteiger partial charge in [-0.1, -0.05) is 29.3 Å². The quantitative estimate of drug-likeness (QED) is 0.865. The van der Waals surface area contributed by atoms with Crippen LogP contribution in [0.4, 0.5) is 4.39 Å². The first-order chi connectivity index (χ1) is 8.50. The predicted octanol–water partition coefficient (Wildman–Crippen LogP) is 4.78. The summed E-state index contributed by atoms with van der Waals surface area (Å²) in [5, 5.41) is 12.8. The normalized spacial score (nSPS) is 12.7. The van der Waals surface area contributed by atoms with Crippen molar-refractivity contribution in [1.82, 2.24) is 0 Å². The number of aliphatic hydroxyl groups excluding tert-OH is 1. The summed E-state index contributed by atoms with van der Waals surface area (Å²) < 4.78 is 13.6. The van der Waals surface area contributed by atoms with Gasteiger partial charge in [0.1, 0.15) is 5.82 Å². The Morgan fingerprint density at radius 1 is 1.39 bits per heavy atom. The van der Waals surface area contributed by atoms with Gasteiger partial charge in [-0.25, -0.2) is 4.39 Å². The molecule has 96 valence electrons. The molecule has 2 aromatic rings. The molecule has 1 nitrogen and oxygen atoms in total. The van der Waals surface area contributed by atoms with Crippen LogP contribution >= 0.6 is 34.5 Å². The van der Waals surface area contributed by atoms with Gasteiger partial charge in [0.2, 0.25) is 0 Å². The van der Waals surface area contributed by atoms with E-state index in [-0.39, 0.29) is 6.42 Å². The summed E-state index contributed by atoms with van der Waals surface area (Å²) >= 11 is 13.4. The number of benzene rings is 1. The zero-order chi connectivity index (χ0) is 13.3. The maximum Gasteiger partial charge on any atom is 0.127 e. The SMILES string of the molecule is Cc1csc(C(O)Cc2c(F)cccc2Cl)c1Cl. The van der Waals surface area contributed by atoms with E-state index in [1.165, 1.54) is 23.5 Å². The zero-order valence-corrected chi connectivity index (χ0v) is 11.9. The molecule has 1 unspecified atom stereocenters. The fraction of sp³-hybridized carbons (Fsp3) is 0.231. The summed E-state index contributed by atoms with van der Waals surface area (Å²) in [5.41, 5.74) is 1.23. The van der Waals surface area contributed by atoms with Gasteiger partial charge < -0.3 is 5.11 Å². The van der Waals surface area contributed by atoms with Crippen molar-refractivity contribution in [1.29, 1.82) is 0 Å². The Morgan fingerprint density at radius 3 is 2.67 bits per heavy atom. The van der Waals surface area contributed by atoms with E-state index < -0.39 is 11.9 Å². The molecule has 0 radical (unpaired) electrons. The second kappa shape index (κ2) is 5.57. The van der Waals surface area contributed by atoms with Crippen LogP contribution in [0.15, 0.2) is 23.6 Å². The largest absolute Gasteiger partial charge is 0.387 e. The Labute approximate surface area is 119 Å². The highest BCUT2D eigenvalue weighted by Crippen LogP contribution is 2.35. The summed E-state index contributed by atoms with van der Waals surface area (Å²) in [5.74, 6) is -0.411. The maximum atomic E-state index is 13.6. The van der Waals surface area contributed by atoms with Crippen molar-refractivity contribution in [2.24, 2.45) is 0 Å². The van der Waals surface area contributed by atoms with Crippen LogP contribution in [0.25, 0.3) is 0 Å². The third-order valence-corrected chi connectivity index (χ3v) is 4.86. The van der Waals surface area contributed by atoms with E-state index in [2.05, 4.69) is 0 Å². The van der Waals surface area contributed by atoms with Gasteiger partial charge in [0.25, 0.3) is 0 Å². The van der Waals surface area contributed by atoms with Gasteiger partial charge >= 0.3 is 0 Å². The van der Waals surface area contributed by atoms with Crippen LogP contribution in [0.1, 0.15) is 22.1 Å². The topological polar surface area (TPSA) is 20.2 Å². The van der Waals surface area contributed by atoms with Crippen LogP contribution in [-0.4, -0.2) is 5.11 Å². The van der Waals surface area contributed by atoms with Gasteiger partial charge in [0.05, 0.1) is 16.0 Å². The summed E-state index contributed by atoms with van der Waals surface area (Å²) in [6.07, 6.45) is -0.726. The summed E-state index contributed by atoms with van der Waals surface area (Å²) in [6.45, 7) is 1.87. The molecule has 0 saturated carbocycles. The zero-order valence-electron chi connectivity index (χ0n) is 9.58. The second-order valence-electron chi connectivity index (χ2n) is 4.02. The average Bonchev–Trinajstić information content (AvgIpc) is 2.65. The van der Waals surface area contributed by atoms with Crippen molar-refractivity contribution < 1.29 is 9.50 Å². The Bertz CT molecular complexity index is 548. The molecule has 18 heavy (non-hydrogen) atoms. The molecule has 1 aromatic heterocycles. The van der Waals surface area contributed by atoms with E-state index in [0.29, 0.717) is 20.5 Å². The van der Waals surface area contributed by atoms with Gasteiger partial charge in [-0.15, -0.1) is 11.3 Å². The van der Waals surface area contributed by atoms with Crippen molar-refractivity contribution in [3.05, 3.63) is 55.4 Å². The summed E-state index contributed by atoms with van der Waals surface area (Å²) in [4.78, 5) is 0.647. The number of aliphatic hydroxyl groups is 1. The molecular formula is C13H11Cl2FOS. The van der Waals surface area contributed by atoms with Crippen LogP contribution in [0.5, 0.6) is 0 Å². The van der Waals surface area contributed by atoms with Gasteiger partial charge in [0, 0.05) is 17.0 Å². The van der Waals surface area contributed by atoms with E-state index in [0.717, 1.165) is 5.56 Å². The minimum atomic E-state index is -0.842. The highest BCUT2D eigenvalue weighted by Gasteiger charge is 2.19. The smallest absolute Gasteiger partial charge is 0.127 e. The minimum absolute atomic E-state index is 0.116. The van der Waals surface area contributed by atoms with Crippen LogP contribution in [0.3, 0.4) is 0 Å². The highest BCUT2D eigenvalue weighted by atomic mass is 35.5. The molecule has 1 atom stereocenters. The van der Waals surface area contributed by atoms with Gasteiger partial charge in [0.15, 0.2) is 0 Å². The third kappa shape index (κ3) is 2.69. The summed E-state index contributed by atoms with van der Waals surface area (Å²) in [7, 11) is 0. The van der Waals surface area contributed by atoms with Crippen LogP contribution in [0.2, 0.25) is 10.0 Å². The first-order valence-corrected chi connectivity index (χ1v) is 6.98. The molecule has 0 amide bonds. The second-order valence-corrected chi connectivity index (χ2v) is 5.71. The number of hydrogen-bond acceptors (Lipinski definition) is 2. The molecule has 2 rings (SSSR count). The first kappa shape index (κ1) is 13.8. The number of thiophene rings is 1. The Balaban J connectivity index is 2.27. The summed E-state index contributed by atoms with van der Waals surface area (Å²) in [6, 6.07) is 4.47. The van der Waals surface area contributed by atoms with E-state index in [1.54, 1.807) is 6.07 Å². The monoisotopic (exact) mass is 304 g/mol. The van der Waals surface area contributed by atoms with Crippen molar-refractivity contribution in [2.45, 2.75) is 19.4 Å². The van der Waals surface area contributed by atoms with Crippen LogP contribution in [-0.2, 0) is 6.42 Å². The van der Waals surface area contributed by atoms with Crippen LogP contribution < -0.4 is 0 Å². The van der Waals surface area contributed by atoms with Crippen molar-refractivity contribution >= 4 is 34.5 Å². The lowest BCUT2D eigenvalue weighted by Crippen LogP contribution is -2.03. The molecule has 1 N–H and O–H groups in total. The standard InChI is InChI=1S/C13H11Cl2FOS/c1-7-6-18-13(12(7)15)11(17)5-8-9(14)3-2-4-10(8)16/h2-4,6,11,17H,5H2,1H3. The molecule has 0 bridgehead atoms. The Morgan fingerprint density at radius 2 is 2.11 bits per heavy atom. The molecular weight excluding hydrogens is 294 g/mol. The highest BCUT2D eigenvalue weighted by molar-refractivity contribution is 7.10. The van der Waals surface area contributed by atoms with E-state index >= 15 is 0 Å². The molecule has 0 spiro atoms. The minimum Gasteiger partial charge on any atom is -0.387 e.